The lowest BCUT2D eigenvalue weighted by molar-refractivity contribution is 1.33. The van der Waals surface area contributed by atoms with Gasteiger partial charge in [0.2, 0.25) is 0 Å². The fourth-order valence-corrected chi connectivity index (χ4v) is 0.363. The zero-order valence-corrected chi connectivity index (χ0v) is 6.52. The Morgan fingerprint density at radius 3 is 1.89 bits per heavy atom. The molecule has 0 unspecified atom stereocenters. The van der Waals surface area contributed by atoms with Crippen LogP contribution < -0.4 is 5.73 Å². The first kappa shape index (κ1) is 8.65. The van der Waals surface area contributed by atoms with Crippen LogP contribution in [0, 0.1) is 0 Å². The standard InChI is InChI=1S/C5H6N2.H2S2/c6-5-1-3-7-4-2-5;1-2/h1-4H,(H2,6,7);1-2H. The lowest BCUT2D eigenvalue weighted by atomic mass is 10.4. The van der Waals surface area contributed by atoms with Crippen LogP contribution >= 0.6 is 23.3 Å². The van der Waals surface area contributed by atoms with Gasteiger partial charge in [0.15, 0.2) is 0 Å². The number of thiol groups is 2. The number of hydrogen-bond acceptors (Lipinski definition) is 4. The summed E-state index contributed by atoms with van der Waals surface area (Å²) >= 11 is 6.44. The molecule has 0 radical (unpaired) electrons. The lowest BCUT2D eigenvalue weighted by Crippen LogP contribution is -1.81. The number of nitrogen functional groups attached to an aromatic ring is 1. The first-order chi connectivity index (χ1) is 4.39. The molecule has 0 aliphatic heterocycles. The molecule has 0 saturated heterocycles. The van der Waals surface area contributed by atoms with Gasteiger partial charge in [0.25, 0.3) is 0 Å². The van der Waals surface area contributed by atoms with Crippen molar-refractivity contribution in [2.24, 2.45) is 0 Å². The Kier molecular flexibility index (Phi) is 5.56. The molecular weight excluding hydrogens is 152 g/mol. The second-order valence-electron chi connectivity index (χ2n) is 1.28. The van der Waals surface area contributed by atoms with Crippen molar-refractivity contribution in [3.05, 3.63) is 24.5 Å². The molecule has 0 amide bonds. The molecule has 50 valence electrons. The molecule has 0 aliphatic rings. The highest BCUT2D eigenvalue weighted by molar-refractivity contribution is 8.59. The number of anilines is 1. The number of aromatic nitrogens is 1. The Morgan fingerprint density at radius 1 is 1.22 bits per heavy atom. The maximum atomic E-state index is 5.32. The van der Waals surface area contributed by atoms with Crippen LogP contribution in [0.3, 0.4) is 0 Å². The van der Waals surface area contributed by atoms with E-state index < -0.39 is 0 Å². The number of pyridine rings is 1. The zero-order valence-electron chi connectivity index (χ0n) is 4.73. The largest absolute Gasteiger partial charge is 0.399 e. The van der Waals surface area contributed by atoms with Crippen molar-refractivity contribution in [3.63, 3.8) is 0 Å². The molecule has 1 aromatic heterocycles. The average Bonchev–Trinajstić information content (AvgIpc) is 1.94. The van der Waals surface area contributed by atoms with Crippen molar-refractivity contribution in [2.75, 3.05) is 5.73 Å². The quantitative estimate of drug-likeness (QED) is 0.397. The number of nitrogens with two attached hydrogens (primary N) is 1. The summed E-state index contributed by atoms with van der Waals surface area (Å²) in [5.41, 5.74) is 6.08. The van der Waals surface area contributed by atoms with Crippen molar-refractivity contribution in [2.45, 2.75) is 0 Å². The van der Waals surface area contributed by atoms with Crippen LogP contribution in [0.5, 0.6) is 0 Å². The van der Waals surface area contributed by atoms with E-state index in [0.29, 0.717) is 0 Å². The van der Waals surface area contributed by atoms with E-state index in [1.807, 2.05) is 0 Å². The smallest absolute Gasteiger partial charge is 0.0344 e. The molecule has 0 spiro atoms. The highest BCUT2D eigenvalue weighted by atomic mass is 33.1. The van der Waals surface area contributed by atoms with Crippen LogP contribution in [0.25, 0.3) is 0 Å². The topological polar surface area (TPSA) is 38.9 Å². The highest BCUT2D eigenvalue weighted by Gasteiger charge is 1.73. The molecule has 4 heteroatoms. The molecule has 0 atom stereocenters. The van der Waals surface area contributed by atoms with Crippen LogP contribution in [-0.4, -0.2) is 4.98 Å². The first-order valence-corrected chi connectivity index (χ1v) is 3.85. The Labute approximate surface area is 64.7 Å². The molecule has 1 rings (SSSR count). The van der Waals surface area contributed by atoms with E-state index in [4.69, 9.17) is 5.73 Å². The van der Waals surface area contributed by atoms with Crippen molar-refractivity contribution in [3.8, 4) is 0 Å². The molecule has 0 bridgehead atoms. The highest BCUT2D eigenvalue weighted by Crippen LogP contribution is 1.92. The Bertz CT molecular complexity index is 143. The second kappa shape index (κ2) is 5.78. The minimum absolute atomic E-state index is 0.759. The van der Waals surface area contributed by atoms with Crippen LogP contribution in [0.4, 0.5) is 5.69 Å². The Hall–Kier alpha value is -0.350. The predicted molar refractivity (Wildman–Crippen MR) is 46.6 cm³/mol. The van der Waals surface area contributed by atoms with Gasteiger partial charge in [-0.3, -0.25) is 4.98 Å². The fraction of sp³-hybridized carbons (Fsp3) is 0. The maximum absolute atomic E-state index is 5.32. The van der Waals surface area contributed by atoms with E-state index in [2.05, 4.69) is 28.3 Å². The van der Waals surface area contributed by atoms with Crippen LogP contribution in [0.2, 0.25) is 0 Å². The van der Waals surface area contributed by atoms with E-state index in [1.165, 1.54) is 0 Å². The molecule has 1 aromatic rings. The summed E-state index contributed by atoms with van der Waals surface area (Å²) in [6.07, 6.45) is 3.32. The average molecular weight is 160 g/mol. The molecule has 2 nitrogen and oxygen atoms in total. The second-order valence-corrected chi connectivity index (χ2v) is 1.28. The van der Waals surface area contributed by atoms with Crippen LogP contribution in [-0.2, 0) is 0 Å². The van der Waals surface area contributed by atoms with Gasteiger partial charge in [0.05, 0.1) is 0 Å². The third-order valence-corrected chi connectivity index (χ3v) is 0.706. The van der Waals surface area contributed by atoms with Gasteiger partial charge in [0.1, 0.15) is 0 Å². The van der Waals surface area contributed by atoms with Crippen molar-refractivity contribution >= 4 is 29.0 Å². The normalized spacial score (nSPS) is 7.33. The van der Waals surface area contributed by atoms with E-state index in [-0.39, 0.29) is 0 Å². The van der Waals surface area contributed by atoms with Gasteiger partial charge in [-0.25, -0.2) is 0 Å². The van der Waals surface area contributed by atoms with Crippen molar-refractivity contribution in [1.82, 2.24) is 4.98 Å². The predicted octanol–water partition coefficient (Wildman–Crippen LogP) is 1.42. The zero-order chi connectivity index (χ0) is 7.11. The molecular formula is C5H8N2S2. The summed E-state index contributed by atoms with van der Waals surface area (Å²) in [5, 5.41) is 0. The maximum Gasteiger partial charge on any atom is 0.0344 e. The van der Waals surface area contributed by atoms with Crippen LogP contribution in [0.1, 0.15) is 0 Å². The monoisotopic (exact) mass is 160 g/mol. The third kappa shape index (κ3) is 4.17. The van der Waals surface area contributed by atoms with Crippen molar-refractivity contribution in [1.29, 1.82) is 0 Å². The van der Waals surface area contributed by atoms with Gasteiger partial charge in [-0.2, -0.15) is 0 Å². The minimum Gasteiger partial charge on any atom is -0.399 e. The van der Waals surface area contributed by atoms with E-state index in [9.17, 15) is 0 Å². The molecule has 1 heterocycles. The molecule has 0 saturated carbocycles. The molecule has 0 fully saturated rings. The van der Waals surface area contributed by atoms with Crippen molar-refractivity contribution < 1.29 is 0 Å². The SMILES string of the molecule is Nc1ccncc1.SS. The number of hydrogen-bond donors (Lipinski definition) is 3. The molecule has 0 aromatic carbocycles. The van der Waals surface area contributed by atoms with E-state index >= 15 is 0 Å². The number of rotatable bonds is 0. The molecule has 0 aliphatic carbocycles. The summed E-state index contributed by atoms with van der Waals surface area (Å²) in [6.45, 7) is 0. The van der Waals surface area contributed by atoms with Gasteiger partial charge in [-0.05, 0) is 12.1 Å². The van der Waals surface area contributed by atoms with Gasteiger partial charge in [0, 0.05) is 18.1 Å². The summed E-state index contributed by atoms with van der Waals surface area (Å²) in [6, 6.07) is 3.50. The molecule has 2 N–H and O–H groups in total. The first-order valence-electron chi connectivity index (χ1n) is 2.25. The van der Waals surface area contributed by atoms with Gasteiger partial charge < -0.3 is 5.73 Å². The minimum atomic E-state index is 0.759. The van der Waals surface area contributed by atoms with Crippen LogP contribution in [0.15, 0.2) is 24.5 Å². The fourth-order valence-electron chi connectivity index (χ4n) is 0.363. The van der Waals surface area contributed by atoms with Gasteiger partial charge >= 0.3 is 0 Å². The lowest BCUT2D eigenvalue weighted by Gasteiger charge is -1.83. The number of nitrogens with zero attached hydrogens (tertiary/aromatic N) is 1. The van der Waals surface area contributed by atoms with Gasteiger partial charge in [-0.15, -0.1) is 23.3 Å². The molecule has 9 heavy (non-hydrogen) atoms. The van der Waals surface area contributed by atoms with E-state index in [0.717, 1.165) is 5.69 Å². The summed E-state index contributed by atoms with van der Waals surface area (Å²) in [7, 11) is 0. The Morgan fingerprint density at radius 2 is 1.67 bits per heavy atom. The Balaban J connectivity index is 0.000000291. The summed E-state index contributed by atoms with van der Waals surface area (Å²) in [4.78, 5) is 3.77. The third-order valence-electron chi connectivity index (χ3n) is 0.706. The summed E-state index contributed by atoms with van der Waals surface area (Å²) < 4.78 is 0. The summed E-state index contributed by atoms with van der Waals surface area (Å²) in [5.74, 6) is 0. The van der Waals surface area contributed by atoms with Gasteiger partial charge in [-0.1, -0.05) is 0 Å². The van der Waals surface area contributed by atoms with E-state index in [1.54, 1.807) is 24.5 Å².